The highest BCUT2D eigenvalue weighted by Gasteiger charge is 2.68. The summed E-state index contributed by atoms with van der Waals surface area (Å²) in [6.45, 7) is 3.75. The van der Waals surface area contributed by atoms with Crippen molar-refractivity contribution in [1.82, 2.24) is 5.48 Å². The van der Waals surface area contributed by atoms with Crippen molar-refractivity contribution in [1.29, 1.82) is 0 Å². The van der Waals surface area contributed by atoms with Gasteiger partial charge in [0.2, 0.25) is 0 Å². The van der Waals surface area contributed by atoms with Crippen LogP contribution in [0, 0.1) is 11.8 Å². The van der Waals surface area contributed by atoms with Crippen molar-refractivity contribution >= 4 is 5.97 Å². The molecule has 2 bridgehead atoms. The summed E-state index contributed by atoms with van der Waals surface area (Å²) >= 11 is 0. The lowest BCUT2D eigenvalue weighted by molar-refractivity contribution is -0.137. The van der Waals surface area contributed by atoms with Crippen LogP contribution in [-0.2, 0) is 19.1 Å². The van der Waals surface area contributed by atoms with Crippen LogP contribution < -0.4 is 5.48 Å². The molecule has 3 aliphatic heterocycles. The van der Waals surface area contributed by atoms with E-state index in [1.54, 1.807) is 0 Å². The van der Waals surface area contributed by atoms with Gasteiger partial charge in [-0.05, 0) is 31.6 Å². The molecule has 2 N–H and O–H groups in total. The predicted molar refractivity (Wildman–Crippen MR) is 93.0 cm³/mol. The Balaban J connectivity index is 1.39. The summed E-state index contributed by atoms with van der Waals surface area (Å²) in [7, 11) is 0. The number of carboxylic acid groups (broad SMARTS) is 1. The van der Waals surface area contributed by atoms with Crippen LogP contribution in [0.25, 0.3) is 0 Å². The van der Waals surface area contributed by atoms with Crippen LogP contribution in [0.15, 0.2) is 12.2 Å². The van der Waals surface area contributed by atoms with Gasteiger partial charge in [-0.1, -0.05) is 31.9 Å². The summed E-state index contributed by atoms with van der Waals surface area (Å²) in [4.78, 5) is 16.1. The second-order valence-electron chi connectivity index (χ2n) is 7.36. The number of rotatable bonds is 13. The number of fused-ring (bicyclic) bond motifs is 5. The van der Waals surface area contributed by atoms with Crippen LogP contribution in [0.4, 0.5) is 0 Å². The molecule has 142 valence electrons. The third-order valence-electron chi connectivity index (χ3n) is 5.52. The molecule has 0 unspecified atom stereocenters. The number of epoxide rings is 1. The molecule has 0 aromatic carbocycles. The number of carbonyl (C=O) groups is 1. The van der Waals surface area contributed by atoms with E-state index in [0.29, 0.717) is 30.5 Å². The number of ether oxygens (including phenoxy) is 2. The predicted octanol–water partition coefficient (Wildman–Crippen LogP) is 2.68. The average Bonchev–Trinajstić information content (AvgIpc) is 3.22. The summed E-state index contributed by atoms with van der Waals surface area (Å²) < 4.78 is 11.9. The van der Waals surface area contributed by atoms with Crippen LogP contribution in [-0.4, -0.2) is 48.6 Å². The van der Waals surface area contributed by atoms with Gasteiger partial charge in [-0.25, -0.2) is 5.48 Å². The van der Waals surface area contributed by atoms with Gasteiger partial charge in [0, 0.05) is 18.9 Å². The maximum atomic E-state index is 10.5. The van der Waals surface area contributed by atoms with Crippen LogP contribution in [0.2, 0.25) is 0 Å². The van der Waals surface area contributed by atoms with Crippen LogP contribution in [0.5, 0.6) is 0 Å². The Labute approximate surface area is 149 Å². The standard InChI is InChI=1S/C19H31NO5/c1-2-3-8-11-23-20-12-14-13(9-6-4-5-7-10-15(21)22)16-18-19(25-18)17(14)24-16/h4,6,13-14,16-20H,2-3,5,7-12H2,1H3,(H,21,22)/b6-4-/t13-,14+,16+,17-,18-,19+/m0/s1. The lowest BCUT2D eigenvalue weighted by Crippen LogP contribution is -2.39. The zero-order valence-corrected chi connectivity index (χ0v) is 15.1. The second kappa shape index (κ2) is 9.12. The Morgan fingerprint density at radius 2 is 1.84 bits per heavy atom. The number of allylic oxidation sites excluding steroid dienone is 2. The van der Waals surface area contributed by atoms with Crippen molar-refractivity contribution in [3.8, 4) is 0 Å². The number of unbranched alkanes of at least 4 members (excludes halogenated alkanes) is 3. The molecular weight excluding hydrogens is 322 g/mol. The fraction of sp³-hybridized carbons (Fsp3) is 0.842. The van der Waals surface area contributed by atoms with Crippen molar-refractivity contribution in [2.24, 2.45) is 11.8 Å². The Kier molecular flexibility index (Phi) is 6.87. The lowest BCUT2D eigenvalue weighted by atomic mass is 9.77. The summed E-state index contributed by atoms with van der Waals surface area (Å²) in [5, 5.41) is 8.66. The molecule has 6 nitrogen and oxygen atoms in total. The van der Waals surface area contributed by atoms with E-state index in [1.165, 1.54) is 12.8 Å². The number of carboxylic acids is 1. The molecular formula is C19H31NO5. The minimum atomic E-state index is -0.725. The first-order chi connectivity index (χ1) is 12.2. The minimum Gasteiger partial charge on any atom is -0.481 e. The third kappa shape index (κ3) is 4.82. The number of nitrogens with one attached hydrogen (secondary N) is 1. The van der Waals surface area contributed by atoms with Crippen molar-refractivity contribution < 1.29 is 24.2 Å². The van der Waals surface area contributed by atoms with Gasteiger partial charge in [-0.3, -0.25) is 4.79 Å². The number of hydrogen-bond acceptors (Lipinski definition) is 5. The Morgan fingerprint density at radius 3 is 2.60 bits per heavy atom. The Morgan fingerprint density at radius 1 is 1.08 bits per heavy atom. The number of hydroxylamine groups is 1. The highest BCUT2D eigenvalue weighted by atomic mass is 16.7. The van der Waals surface area contributed by atoms with Gasteiger partial charge >= 0.3 is 5.97 Å². The zero-order valence-electron chi connectivity index (χ0n) is 15.1. The first-order valence-corrected chi connectivity index (χ1v) is 9.74. The molecule has 25 heavy (non-hydrogen) atoms. The van der Waals surface area contributed by atoms with E-state index in [-0.39, 0.29) is 18.6 Å². The number of hydrogen-bond donors (Lipinski definition) is 2. The van der Waals surface area contributed by atoms with Gasteiger partial charge in [-0.2, -0.15) is 0 Å². The monoisotopic (exact) mass is 353 g/mol. The maximum Gasteiger partial charge on any atom is 0.303 e. The molecule has 0 saturated carbocycles. The molecule has 0 aliphatic carbocycles. The molecule has 3 rings (SSSR count). The molecule has 0 radical (unpaired) electrons. The van der Waals surface area contributed by atoms with Crippen LogP contribution in [0.3, 0.4) is 0 Å². The molecule has 0 spiro atoms. The van der Waals surface area contributed by atoms with E-state index in [2.05, 4.69) is 24.6 Å². The van der Waals surface area contributed by atoms with Gasteiger partial charge in [0.1, 0.15) is 12.2 Å². The SMILES string of the molecule is CCCCCONC[C@@H]1[C@H](C/C=C\CCCC(=O)O)[C@H]2O[C@@H]1[C@H]1O[C@H]12. The molecule has 0 aromatic rings. The van der Waals surface area contributed by atoms with E-state index >= 15 is 0 Å². The lowest BCUT2D eigenvalue weighted by Gasteiger charge is -2.25. The van der Waals surface area contributed by atoms with Gasteiger partial charge in [-0.15, -0.1) is 0 Å². The Bertz CT molecular complexity index is 469. The fourth-order valence-corrected chi connectivity index (χ4v) is 4.15. The van der Waals surface area contributed by atoms with Gasteiger partial charge in [0.25, 0.3) is 0 Å². The first kappa shape index (κ1) is 18.8. The molecule has 3 saturated heterocycles. The quantitative estimate of drug-likeness (QED) is 0.229. The van der Waals surface area contributed by atoms with Crippen molar-refractivity contribution in [3.05, 3.63) is 12.2 Å². The molecule has 6 atom stereocenters. The topological polar surface area (TPSA) is 80.3 Å². The van der Waals surface area contributed by atoms with Gasteiger partial charge < -0.3 is 19.4 Å². The zero-order chi connectivity index (χ0) is 17.6. The molecule has 0 aromatic heterocycles. The van der Waals surface area contributed by atoms with E-state index < -0.39 is 5.97 Å². The maximum absolute atomic E-state index is 10.5. The van der Waals surface area contributed by atoms with Gasteiger partial charge in [0.15, 0.2) is 0 Å². The molecule has 3 aliphatic rings. The van der Waals surface area contributed by atoms with E-state index in [1.807, 2.05) is 0 Å². The summed E-state index contributed by atoms with van der Waals surface area (Å²) in [6, 6.07) is 0. The van der Waals surface area contributed by atoms with E-state index in [9.17, 15) is 4.79 Å². The number of aliphatic carboxylic acids is 1. The van der Waals surface area contributed by atoms with E-state index in [4.69, 9.17) is 19.4 Å². The van der Waals surface area contributed by atoms with Crippen LogP contribution in [0.1, 0.15) is 51.9 Å². The van der Waals surface area contributed by atoms with Crippen molar-refractivity contribution in [2.45, 2.75) is 76.3 Å². The Hall–Kier alpha value is -0.950. The van der Waals surface area contributed by atoms with Crippen molar-refractivity contribution in [3.63, 3.8) is 0 Å². The van der Waals surface area contributed by atoms with E-state index in [0.717, 1.165) is 32.4 Å². The first-order valence-electron chi connectivity index (χ1n) is 9.74. The van der Waals surface area contributed by atoms with Gasteiger partial charge in [0.05, 0.1) is 18.8 Å². The highest BCUT2D eigenvalue weighted by Crippen LogP contribution is 2.54. The van der Waals surface area contributed by atoms with Crippen molar-refractivity contribution in [2.75, 3.05) is 13.2 Å². The van der Waals surface area contributed by atoms with Crippen LogP contribution >= 0.6 is 0 Å². The molecule has 3 heterocycles. The summed E-state index contributed by atoms with van der Waals surface area (Å²) in [6.07, 6.45) is 11.5. The summed E-state index contributed by atoms with van der Waals surface area (Å²) in [5.74, 6) is 0.150. The third-order valence-corrected chi connectivity index (χ3v) is 5.52. The normalized spacial score (nSPS) is 35.4. The largest absolute Gasteiger partial charge is 0.481 e. The second-order valence-corrected chi connectivity index (χ2v) is 7.36. The molecule has 3 fully saturated rings. The molecule has 0 amide bonds. The smallest absolute Gasteiger partial charge is 0.303 e. The minimum absolute atomic E-state index is 0.201. The average molecular weight is 353 g/mol. The molecule has 6 heteroatoms. The highest BCUT2D eigenvalue weighted by molar-refractivity contribution is 5.66. The fourth-order valence-electron chi connectivity index (χ4n) is 4.15. The summed E-state index contributed by atoms with van der Waals surface area (Å²) in [5.41, 5.74) is 3.14.